The van der Waals surface area contributed by atoms with Gasteiger partial charge in [-0.2, -0.15) is 0 Å². The third-order valence-electron chi connectivity index (χ3n) is 1.06. The standard InChI is InChI=1S/3C3H6.K.8H3N.H2.H/c3*1-2-3-1;;;;;;;;;;;/h3*1-3H2;;8*1H3;1H;/q;;;+1;;;;;;;;;;-1/i/hD8. The van der Waals surface area contributed by atoms with Crippen molar-refractivity contribution < 1.29 is 65.5 Å². The first-order chi connectivity index (χ1) is 12.5. The fourth-order valence-corrected chi connectivity index (χ4v) is 0. The van der Waals surface area contributed by atoms with E-state index in [0.717, 1.165) is 0 Å². The van der Waals surface area contributed by atoms with Crippen LogP contribution in [0.15, 0.2) is 0 Å². The van der Waals surface area contributed by atoms with Crippen LogP contribution in [-0.4, -0.2) is 0 Å². The largest absolute Gasteiger partial charge is 1.00 e. The molecule has 0 radical (unpaired) electrons. The Kier molecular flexibility index (Phi) is 55.4. The van der Waals surface area contributed by atoms with Crippen molar-refractivity contribution in [3.63, 3.8) is 0 Å². The number of hydrogen-bond donors (Lipinski definition) is 8. The number of hydrogen-bond acceptors (Lipinski definition) is 8. The van der Waals surface area contributed by atoms with E-state index in [0.29, 0.717) is 0 Å². The molecular weight excluding hydrogens is 259 g/mol. The summed E-state index contributed by atoms with van der Waals surface area (Å²) in [4.78, 5) is 0. The molecular formula is C9H45KN8. The van der Waals surface area contributed by atoms with Gasteiger partial charge in [-0.15, -0.1) is 0 Å². The Bertz CT molecular complexity index is 77.4. The van der Waals surface area contributed by atoms with Crippen LogP contribution in [0.4, 0.5) is 0 Å². The first-order valence-corrected chi connectivity index (χ1v) is 4.50. The summed E-state index contributed by atoms with van der Waals surface area (Å²) in [6, 6.07) is 0. The summed E-state index contributed by atoms with van der Waals surface area (Å²) in [5.74, 6) is 0. The summed E-state index contributed by atoms with van der Waals surface area (Å²) in [6.07, 6.45) is 43.5. The smallest absolute Gasteiger partial charge is 1.00 e. The summed E-state index contributed by atoms with van der Waals surface area (Å²) in [6.45, 7) is 0. The Balaban J connectivity index is -0.0000000126. The van der Waals surface area contributed by atoms with E-state index in [2.05, 4.69) is 49.1 Å². The van der Waals surface area contributed by atoms with E-state index in [1.165, 1.54) is 57.8 Å². The van der Waals surface area contributed by atoms with Gasteiger partial charge < -0.3 is 50.6 Å². The van der Waals surface area contributed by atoms with Gasteiger partial charge in [0.05, 0.1) is 0 Å². The fraction of sp³-hybridized carbons (Fsp3) is 1.00. The molecule has 0 atom stereocenters. The molecule has 24 N–H and O–H groups in total. The van der Waals surface area contributed by atoms with Gasteiger partial charge in [-0.25, -0.2) is 0 Å². The maximum Gasteiger partial charge on any atom is 1.00 e. The monoisotopic (exact) mass is 312 g/mol. The molecule has 0 spiro atoms. The quantitative estimate of drug-likeness (QED) is 0.305. The Morgan fingerprint density at radius 3 is 0.500 bits per heavy atom. The van der Waals surface area contributed by atoms with E-state index < -0.39 is 0 Å². The van der Waals surface area contributed by atoms with Crippen molar-refractivity contribution in [2.45, 2.75) is 57.8 Å². The minimum Gasteiger partial charge on any atom is -1.00 e. The predicted octanol–water partition coefficient (Wildman–Crippen LogP) is 2.17. The van der Waals surface area contributed by atoms with Crippen LogP contribution in [-0.2, 0) is 0 Å². The van der Waals surface area contributed by atoms with Crippen molar-refractivity contribution in [3.8, 4) is 0 Å². The van der Waals surface area contributed by atoms with Crippen LogP contribution in [0.25, 0.3) is 0 Å². The molecule has 3 fully saturated rings. The minimum atomic E-state index is 0. The van der Waals surface area contributed by atoms with E-state index in [4.69, 9.17) is 11.3 Å². The molecule has 18 heavy (non-hydrogen) atoms. The van der Waals surface area contributed by atoms with Gasteiger partial charge in [0.1, 0.15) is 11.3 Å². The van der Waals surface area contributed by atoms with Crippen LogP contribution in [0.3, 0.4) is 0 Å². The predicted molar refractivity (Wildman–Crippen MR) is 85.0 cm³/mol. The summed E-state index contributed by atoms with van der Waals surface area (Å²) < 4.78 is 42.0. The average Bonchev–Trinajstić information content (AvgIpc) is 3.66. The zero-order valence-corrected chi connectivity index (χ0v) is 15.1. The molecule has 3 aliphatic rings. The molecule has 0 amide bonds. The van der Waals surface area contributed by atoms with Crippen LogP contribution in [0, 0.1) is 0 Å². The summed E-state index contributed by atoms with van der Waals surface area (Å²) in [7, 11) is 0. The summed E-state index contributed by atoms with van der Waals surface area (Å²) in [5, 5.41) is 0. The molecule has 9 heteroatoms. The topological polar surface area (TPSA) is 280 Å². The van der Waals surface area contributed by atoms with Gasteiger partial charge in [0.2, 0.25) is 0 Å². The molecule has 0 aromatic heterocycles. The third kappa shape index (κ3) is 247. The Morgan fingerprint density at radius 2 is 0.500 bits per heavy atom. The van der Waals surface area contributed by atoms with Crippen molar-refractivity contribution in [1.29, 1.82) is 0 Å². The normalized spacial score (nSPS) is 15.1. The van der Waals surface area contributed by atoms with E-state index >= 15 is 0 Å². The van der Waals surface area contributed by atoms with Crippen LogP contribution in [0.2, 0.25) is 11.3 Å². The molecule has 0 bridgehead atoms. The van der Waals surface area contributed by atoms with Gasteiger partial charge in [-0.3, -0.25) is 0 Å². The summed E-state index contributed by atoms with van der Waals surface area (Å²) >= 11 is 0. The molecule has 0 aromatic carbocycles. The first kappa shape index (κ1) is 19.3. The molecule has 3 rings (SSSR count). The molecule has 0 aromatic rings. The Labute approximate surface area is 171 Å². The molecule has 0 saturated heterocycles. The van der Waals surface area contributed by atoms with E-state index in [-0.39, 0.29) is 54.2 Å². The van der Waals surface area contributed by atoms with Gasteiger partial charge in [0.15, 0.2) is 0 Å². The SMILES string of the molecule is C1CC1.C1CC1.C1CC1.[2H]N.[2H]N.[2H]N.[2H]N.[2H]N.[2H]N.[2H]N.[2H]N.[H-].[HH].[K+]. The molecule has 8 nitrogen and oxygen atoms in total. The molecule has 0 heterocycles. The van der Waals surface area contributed by atoms with Gasteiger partial charge in [0.25, 0.3) is 0 Å². The maximum atomic E-state index is 5.25. The van der Waals surface area contributed by atoms with Crippen LogP contribution < -0.4 is 101 Å². The van der Waals surface area contributed by atoms with Gasteiger partial charge in [-0.05, 0) is 0 Å². The molecule has 3 saturated carbocycles. The van der Waals surface area contributed by atoms with Gasteiger partial charge >= 0.3 is 51.4 Å². The second-order valence-corrected chi connectivity index (χ2v) is 3.18. The van der Waals surface area contributed by atoms with Crippen molar-refractivity contribution in [2.24, 2.45) is 0 Å². The first-order valence-electron chi connectivity index (χ1n) is 9.12. The Morgan fingerprint density at radius 1 is 0.444 bits per heavy atom. The zero-order chi connectivity index (χ0) is 22.4. The van der Waals surface area contributed by atoms with E-state index in [1.807, 2.05) is 0 Å². The van der Waals surface area contributed by atoms with Crippen molar-refractivity contribution in [1.82, 2.24) is 49.1 Å². The van der Waals surface area contributed by atoms with Crippen LogP contribution >= 0.6 is 0 Å². The average molecular weight is 313 g/mol. The maximum absolute atomic E-state index is 5.25. The van der Waals surface area contributed by atoms with Gasteiger partial charge in [0, 0.05) is 1.43 Å². The minimum absolute atomic E-state index is 0. The molecule has 0 aliphatic heterocycles. The second kappa shape index (κ2) is 51.6. The van der Waals surface area contributed by atoms with E-state index in [1.54, 1.807) is 0 Å². The van der Waals surface area contributed by atoms with E-state index in [9.17, 15) is 0 Å². The fourth-order valence-electron chi connectivity index (χ4n) is 0. The van der Waals surface area contributed by atoms with Crippen molar-refractivity contribution >= 4 is 0 Å². The summed E-state index contributed by atoms with van der Waals surface area (Å²) in [5.41, 5.74) is 0. The number of rotatable bonds is 0. The van der Waals surface area contributed by atoms with Crippen molar-refractivity contribution in [2.75, 3.05) is 0 Å². The molecule has 3 aliphatic carbocycles. The zero-order valence-electron chi connectivity index (χ0n) is 21.0. The van der Waals surface area contributed by atoms with Crippen LogP contribution in [0.5, 0.6) is 0 Å². The Hall–Kier alpha value is 1.32. The van der Waals surface area contributed by atoms with Gasteiger partial charge in [-0.1, -0.05) is 57.8 Å². The second-order valence-electron chi connectivity index (χ2n) is 3.18. The van der Waals surface area contributed by atoms with Crippen LogP contribution in [0.1, 0.15) is 60.6 Å². The molecule has 0 unspecified atom stereocenters. The third-order valence-corrected chi connectivity index (χ3v) is 1.06. The van der Waals surface area contributed by atoms with Crippen molar-refractivity contribution in [3.05, 3.63) is 0 Å². The molecule has 122 valence electrons.